The van der Waals surface area contributed by atoms with Crippen molar-refractivity contribution in [3.8, 4) is 0 Å². The highest BCUT2D eigenvalue weighted by molar-refractivity contribution is 5.96. The molecule has 2 aromatic carbocycles. The van der Waals surface area contributed by atoms with E-state index in [1.807, 2.05) is 0 Å². The summed E-state index contributed by atoms with van der Waals surface area (Å²) in [6.45, 7) is 6.98. The Morgan fingerprint density at radius 3 is 1.54 bits per heavy atom. The van der Waals surface area contributed by atoms with Crippen molar-refractivity contribution in [3.63, 3.8) is 0 Å². The van der Waals surface area contributed by atoms with E-state index in [4.69, 9.17) is 37.9 Å². The molecule has 0 spiro atoms. The number of alkyl halides is 3. The maximum Gasteiger partial charge on any atom is 0.416 e. The number of hydrogen-bond acceptors (Lipinski definition) is 11. The number of unbranched alkanes of at least 4 members (excludes halogenated alkanes) is 8. The van der Waals surface area contributed by atoms with E-state index in [2.05, 4.69) is 12.2 Å². The van der Waals surface area contributed by atoms with Crippen LogP contribution in [0, 0.1) is 0 Å². The molecule has 0 aliphatic heterocycles. The van der Waals surface area contributed by atoms with Gasteiger partial charge in [-0.25, -0.2) is 4.79 Å². The van der Waals surface area contributed by atoms with Crippen LogP contribution in [0.2, 0.25) is 0 Å². The van der Waals surface area contributed by atoms with Crippen LogP contribution < -0.4 is 5.32 Å². The molecule has 0 atom stereocenters. The van der Waals surface area contributed by atoms with E-state index in [0.717, 1.165) is 25.0 Å². The molecule has 0 aromatic heterocycles. The molecule has 54 heavy (non-hydrogen) atoms. The second-order valence-electron chi connectivity index (χ2n) is 12.4. The molecule has 0 radical (unpaired) electrons. The van der Waals surface area contributed by atoms with E-state index in [9.17, 15) is 22.8 Å². The highest BCUT2D eigenvalue weighted by atomic mass is 19.4. The van der Waals surface area contributed by atoms with Gasteiger partial charge in [0.1, 0.15) is 13.2 Å². The van der Waals surface area contributed by atoms with E-state index in [0.29, 0.717) is 84.8 Å². The van der Waals surface area contributed by atoms with Gasteiger partial charge in [0, 0.05) is 12.1 Å². The average Bonchev–Trinajstić information content (AvgIpc) is 3.16. The first-order valence-corrected chi connectivity index (χ1v) is 19.1. The molecule has 1 N–H and O–H groups in total. The van der Waals surface area contributed by atoms with Crippen LogP contribution >= 0.6 is 0 Å². The van der Waals surface area contributed by atoms with Crippen LogP contribution in [0.25, 0.3) is 0 Å². The largest absolute Gasteiger partial charge is 0.463 e. The summed E-state index contributed by atoms with van der Waals surface area (Å²) < 4.78 is 82.3. The normalized spacial score (nSPS) is 11.5. The number of benzene rings is 2. The number of hydrogen-bond donors (Lipinski definition) is 1. The summed E-state index contributed by atoms with van der Waals surface area (Å²) in [5.41, 5.74) is -0.0927. The van der Waals surface area contributed by atoms with Gasteiger partial charge in [-0.15, -0.1) is 0 Å². The molecule has 0 aliphatic rings. The standard InChI is InChI=1S/C40H60F3NO10/c1-2-3-4-5-6-7-8-9-10-18-38(45)53-31-29-51-27-25-49-23-21-47-19-20-48-22-24-50-26-28-52-30-32-54-39(46)36-16-11-12-17-37(36)44-35-15-13-14-34(33-35)40(41,42)43/h11-17,33,44H,2-10,18-32H2,1H3. The molecule has 0 unspecified atom stereocenters. The van der Waals surface area contributed by atoms with Gasteiger partial charge < -0.3 is 43.2 Å². The van der Waals surface area contributed by atoms with Gasteiger partial charge in [-0.1, -0.05) is 76.5 Å². The molecule has 11 nitrogen and oxygen atoms in total. The Morgan fingerprint density at radius 2 is 1.02 bits per heavy atom. The van der Waals surface area contributed by atoms with Crippen molar-refractivity contribution in [3.05, 3.63) is 59.7 Å². The number of halogens is 3. The fourth-order valence-electron chi connectivity index (χ4n) is 5.04. The first-order valence-electron chi connectivity index (χ1n) is 19.1. The number of anilines is 2. The average molecular weight is 772 g/mol. The van der Waals surface area contributed by atoms with Crippen molar-refractivity contribution >= 4 is 23.3 Å². The number of esters is 2. The van der Waals surface area contributed by atoms with Crippen LogP contribution in [0.3, 0.4) is 0 Å². The molecule has 0 aliphatic carbocycles. The molecule has 2 aromatic rings. The number of carbonyl (C=O) groups is 2. The number of nitrogens with one attached hydrogen (secondary N) is 1. The topological polar surface area (TPSA) is 120 Å². The van der Waals surface area contributed by atoms with Gasteiger partial charge in [-0.05, 0) is 36.8 Å². The minimum absolute atomic E-state index is 0.00318. The Labute approximate surface area is 318 Å². The molecule has 0 heterocycles. The molecule has 0 saturated carbocycles. The van der Waals surface area contributed by atoms with Gasteiger partial charge in [0.05, 0.1) is 96.1 Å². The van der Waals surface area contributed by atoms with Gasteiger partial charge in [-0.3, -0.25) is 4.79 Å². The molecular formula is C40H60F3NO10. The quantitative estimate of drug-likeness (QED) is 0.0548. The fourth-order valence-corrected chi connectivity index (χ4v) is 5.04. The number of ether oxygens (including phenoxy) is 8. The zero-order valence-corrected chi connectivity index (χ0v) is 31.8. The van der Waals surface area contributed by atoms with Gasteiger partial charge in [0.2, 0.25) is 0 Å². The summed E-state index contributed by atoms with van der Waals surface area (Å²) in [6, 6.07) is 11.1. The first-order chi connectivity index (χ1) is 26.3. The Bertz CT molecular complexity index is 1250. The molecule has 306 valence electrons. The second kappa shape index (κ2) is 31.0. The number of carbonyl (C=O) groups excluding carboxylic acids is 2. The van der Waals surface area contributed by atoms with Crippen LogP contribution in [0.15, 0.2) is 48.5 Å². The minimum Gasteiger partial charge on any atom is -0.463 e. The van der Waals surface area contributed by atoms with Crippen molar-refractivity contribution < 1.29 is 60.7 Å². The summed E-state index contributed by atoms with van der Waals surface area (Å²) in [4.78, 5) is 24.4. The van der Waals surface area contributed by atoms with E-state index in [-0.39, 0.29) is 37.0 Å². The summed E-state index contributed by atoms with van der Waals surface area (Å²) in [6.07, 6.45) is 6.94. The SMILES string of the molecule is CCCCCCCCCCCC(=O)OCCOCCOCCOCCOCCOCCOCCOC(=O)c1ccccc1Nc1cccc(C(F)(F)F)c1. The molecule has 0 amide bonds. The summed E-state index contributed by atoms with van der Waals surface area (Å²) in [5.74, 6) is -0.790. The van der Waals surface area contributed by atoms with Crippen LogP contribution in [-0.4, -0.2) is 104 Å². The Morgan fingerprint density at radius 1 is 0.556 bits per heavy atom. The lowest BCUT2D eigenvalue weighted by Crippen LogP contribution is -2.16. The summed E-state index contributed by atoms with van der Waals surface area (Å²) in [5, 5.41) is 2.86. The van der Waals surface area contributed by atoms with Crippen LogP contribution in [0.4, 0.5) is 24.5 Å². The van der Waals surface area contributed by atoms with Gasteiger partial charge in [0.15, 0.2) is 0 Å². The predicted molar refractivity (Wildman–Crippen MR) is 199 cm³/mol. The molecule has 0 bridgehead atoms. The lowest BCUT2D eigenvalue weighted by atomic mass is 10.1. The van der Waals surface area contributed by atoms with E-state index in [1.54, 1.807) is 18.2 Å². The van der Waals surface area contributed by atoms with Crippen LogP contribution in [-0.2, 0) is 48.9 Å². The minimum atomic E-state index is -4.48. The third kappa shape index (κ3) is 24.2. The maximum absolute atomic E-state index is 13.0. The van der Waals surface area contributed by atoms with E-state index < -0.39 is 17.7 Å². The smallest absolute Gasteiger partial charge is 0.416 e. The lowest BCUT2D eigenvalue weighted by Gasteiger charge is -2.13. The van der Waals surface area contributed by atoms with E-state index >= 15 is 0 Å². The number of rotatable bonds is 34. The fraction of sp³-hybridized carbons (Fsp3) is 0.650. The molecular weight excluding hydrogens is 711 g/mol. The molecule has 14 heteroatoms. The van der Waals surface area contributed by atoms with Gasteiger partial charge in [0.25, 0.3) is 0 Å². The monoisotopic (exact) mass is 771 g/mol. The third-order valence-electron chi connectivity index (χ3n) is 7.91. The van der Waals surface area contributed by atoms with Crippen molar-refractivity contribution in [2.45, 2.75) is 77.3 Å². The van der Waals surface area contributed by atoms with E-state index in [1.165, 1.54) is 63.1 Å². The zero-order valence-electron chi connectivity index (χ0n) is 31.8. The van der Waals surface area contributed by atoms with Gasteiger partial charge >= 0.3 is 18.1 Å². The van der Waals surface area contributed by atoms with Crippen molar-refractivity contribution in [2.24, 2.45) is 0 Å². The summed E-state index contributed by atoms with van der Waals surface area (Å²) in [7, 11) is 0. The first kappa shape index (κ1) is 46.9. The van der Waals surface area contributed by atoms with Crippen molar-refractivity contribution in [2.75, 3.05) is 97.8 Å². The van der Waals surface area contributed by atoms with Crippen molar-refractivity contribution in [1.82, 2.24) is 0 Å². The highest BCUT2D eigenvalue weighted by Gasteiger charge is 2.30. The number of para-hydroxylation sites is 1. The maximum atomic E-state index is 13.0. The molecule has 0 fully saturated rings. The Balaban J connectivity index is 1.31. The Hall–Kier alpha value is -3.27. The summed E-state index contributed by atoms with van der Waals surface area (Å²) >= 11 is 0. The van der Waals surface area contributed by atoms with Crippen molar-refractivity contribution in [1.29, 1.82) is 0 Å². The molecule has 2 rings (SSSR count). The van der Waals surface area contributed by atoms with Gasteiger partial charge in [-0.2, -0.15) is 13.2 Å². The highest BCUT2D eigenvalue weighted by Crippen LogP contribution is 2.32. The predicted octanol–water partition coefficient (Wildman–Crippen LogP) is 8.17. The lowest BCUT2D eigenvalue weighted by molar-refractivity contribution is -0.145. The Kier molecular flexibility index (Phi) is 26.9. The molecule has 0 saturated heterocycles. The van der Waals surface area contributed by atoms with Crippen LogP contribution in [0.5, 0.6) is 0 Å². The third-order valence-corrected chi connectivity index (χ3v) is 7.91. The van der Waals surface area contributed by atoms with Crippen LogP contribution in [0.1, 0.15) is 87.1 Å². The second-order valence-corrected chi connectivity index (χ2v) is 12.4. The zero-order chi connectivity index (χ0) is 39.0.